The molecular formula is C23H38N3O4Si2+. The van der Waals surface area contributed by atoms with E-state index in [9.17, 15) is 0 Å². The Morgan fingerprint density at radius 1 is 0.812 bits per heavy atom. The van der Waals surface area contributed by atoms with Gasteiger partial charge in [-0.05, 0) is 42.4 Å². The standard InChI is InChI=1S/C23H38N3O4Si2/c1-23(2,3)31(7,8)30-22-12-10-20(11-13-22)24-25-21-14-17-26(18-15-21)16-9-19-32(27-4,28-5)29-6/h10-15,17-18H,9,16,19H2,1-8H3/q+1. The lowest BCUT2D eigenvalue weighted by molar-refractivity contribution is -0.696. The van der Waals surface area contributed by atoms with Crippen molar-refractivity contribution in [2.45, 2.75) is 57.9 Å². The van der Waals surface area contributed by atoms with Crippen LogP contribution in [0.25, 0.3) is 0 Å². The van der Waals surface area contributed by atoms with E-state index in [-0.39, 0.29) is 5.04 Å². The lowest BCUT2D eigenvalue weighted by Crippen LogP contribution is -2.44. The summed E-state index contributed by atoms with van der Waals surface area (Å²) in [6, 6.07) is 12.5. The number of azo groups is 1. The third-order valence-electron chi connectivity index (χ3n) is 6.00. The Bertz CT molecular complexity index is 854. The molecule has 0 aliphatic rings. The SMILES string of the molecule is CO[Si](CCC[n+]1ccc(N=Nc2ccc(O[Si](C)(C)C(C)(C)C)cc2)cc1)(OC)OC. The topological polar surface area (TPSA) is 65.5 Å². The van der Waals surface area contributed by atoms with Crippen molar-refractivity contribution in [3.05, 3.63) is 48.8 Å². The molecule has 1 heterocycles. The third-order valence-corrected chi connectivity index (χ3v) is 13.2. The van der Waals surface area contributed by atoms with Crippen LogP contribution in [0, 0.1) is 0 Å². The van der Waals surface area contributed by atoms with Crippen molar-refractivity contribution < 1.29 is 22.3 Å². The van der Waals surface area contributed by atoms with Gasteiger partial charge in [-0.1, -0.05) is 20.8 Å². The zero-order valence-electron chi connectivity index (χ0n) is 20.7. The second-order valence-corrected chi connectivity index (χ2v) is 17.1. The van der Waals surface area contributed by atoms with Crippen LogP contribution < -0.4 is 8.99 Å². The molecule has 9 heteroatoms. The maximum Gasteiger partial charge on any atom is 0.500 e. The monoisotopic (exact) mass is 476 g/mol. The highest BCUT2D eigenvalue weighted by molar-refractivity contribution is 6.74. The van der Waals surface area contributed by atoms with E-state index in [1.807, 2.05) is 48.8 Å². The minimum atomic E-state index is -2.51. The average Bonchev–Trinajstić information content (AvgIpc) is 2.76. The smallest absolute Gasteiger partial charge is 0.500 e. The van der Waals surface area contributed by atoms with Crippen LogP contribution >= 0.6 is 0 Å². The molecule has 32 heavy (non-hydrogen) atoms. The summed E-state index contributed by atoms with van der Waals surface area (Å²) >= 11 is 0. The molecule has 0 radical (unpaired) electrons. The second kappa shape index (κ2) is 11.3. The molecule has 0 N–H and O–H groups in total. The highest BCUT2D eigenvalue weighted by atomic mass is 28.4. The van der Waals surface area contributed by atoms with Crippen molar-refractivity contribution >= 4 is 28.5 Å². The van der Waals surface area contributed by atoms with Gasteiger partial charge in [0.05, 0.1) is 11.4 Å². The number of aryl methyl sites for hydroxylation is 1. The summed E-state index contributed by atoms with van der Waals surface area (Å²) in [6.45, 7) is 12.0. The molecule has 0 spiro atoms. The van der Waals surface area contributed by atoms with E-state index in [2.05, 4.69) is 48.7 Å². The summed E-state index contributed by atoms with van der Waals surface area (Å²) in [5, 5.41) is 8.86. The van der Waals surface area contributed by atoms with Crippen LogP contribution in [-0.2, 0) is 19.8 Å². The van der Waals surface area contributed by atoms with Gasteiger partial charge < -0.3 is 17.7 Å². The molecule has 0 aliphatic heterocycles. The van der Waals surface area contributed by atoms with Crippen LogP contribution in [0.1, 0.15) is 27.2 Å². The van der Waals surface area contributed by atoms with Gasteiger partial charge in [-0.3, -0.25) is 0 Å². The zero-order valence-corrected chi connectivity index (χ0v) is 22.7. The number of nitrogens with zero attached hydrogens (tertiary/aromatic N) is 3. The summed E-state index contributed by atoms with van der Waals surface area (Å²) in [5.74, 6) is 0.888. The van der Waals surface area contributed by atoms with Crippen LogP contribution in [0.2, 0.25) is 24.2 Å². The van der Waals surface area contributed by atoms with E-state index in [1.54, 1.807) is 21.3 Å². The van der Waals surface area contributed by atoms with Crippen LogP contribution in [0.4, 0.5) is 11.4 Å². The molecule has 7 nitrogen and oxygen atoms in total. The van der Waals surface area contributed by atoms with Crippen molar-refractivity contribution in [1.29, 1.82) is 0 Å². The predicted octanol–water partition coefficient (Wildman–Crippen LogP) is 6.04. The Labute approximate surface area is 194 Å². The molecule has 1 aromatic carbocycles. The Kier molecular flexibility index (Phi) is 9.29. The maximum absolute atomic E-state index is 6.31. The summed E-state index contributed by atoms with van der Waals surface area (Å²) in [7, 11) is 0.565. The van der Waals surface area contributed by atoms with Gasteiger partial charge in [-0.25, -0.2) is 4.57 Å². The Morgan fingerprint density at radius 3 is 1.78 bits per heavy atom. The maximum atomic E-state index is 6.31. The first kappa shape index (κ1) is 26.3. The van der Waals surface area contributed by atoms with Crippen molar-refractivity contribution in [2.75, 3.05) is 21.3 Å². The van der Waals surface area contributed by atoms with Gasteiger partial charge >= 0.3 is 8.80 Å². The van der Waals surface area contributed by atoms with Crippen LogP contribution in [0.15, 0.2) is 59.0 Å². The van der Waals surface area contributed by atoms with Gasteiger partial charge in [0.25, 0.3) is 0 Å². The number of benzene rings is 1. The fourth-order valence-electron chi connectivity index (χ4n) is 2.84. The summed E-state index contributed by atoms with van der Waals surface area (Å²) in [4.78, 5) is 0. The first-order valence-electron chi connectivity index (χ1n) is 10.9. The number of hydrogen-bond donors (Lipinski definition) is 0. The van der Waals surface area contributed by atoms with E-state index in [4.69, 9.17) is 17.7 Å². The molecule has 0 fully saturated rings. The number of aromatic nitrogens is 1. The van der Waals surface area contributed by atoms with Gasteiger partial charge in [-0.2, -0.15) is 10.2 Å². The zero-order chi connectivity index (χ0) is 23.8. The highest BCUT2D eigenvalue weighted by Gasteiger charge is 2.39. The predicted molar refractivity (Wildman–Crippen MR) is 131 cm³/mol. The second-order valence-electron chi connectivity index (χ2n) is 9.25. The van der Waals surface area contributed by atoms with Gasteiger partial charge in [0, 0.05) is 45.9 Å². The Hall–Kier alpha value is -1.92. The van der Waals surface area contributed by atoms with Crippen LogP contribution in [-0.4, -0.2) is 38.5 Å². The largest absolute Gasteiger partial charge is 0.544 e. The van der Waals surface area contributed by atoms with E-state index in [1.165, 1.54) is 0 Å². The molecule has 2 rings (SSSR count). The molecule has 0 bridgehead atoms. The average molecular weight is 477 g/mol. The van der Waals surface area contributed by atoms with E-state index < -0.39 is 17.1 Å². The summed E-state index contributed by atoms with van der Waals surface area (Å²) in [5.41, 5.74) is 1.60. The normalized spacial score (nSPS) is 13.0. The molecule has 0 saturated heterocycles. The Balaban J connectivity index is 1.91. The lowest BCUT2D eigenvalue weighted by atomic mass is 10.2. The van der Waals surface area contributed by atoms with Crippen LogP contribution in [0.5, 0.6) is 5.75 Å². The van der Waals surface area contributed by atoms with E-state index >= 15 is 0 Å². The minimum Gasteiger partial charge on any atom is -0.544 e. The number of pyridine rings is 1. The van der Waals surface area contributed by atoms with Crippen molar-refractivity contribution in [3.8, 4) is 5.75 Å². The van der Waals surface area contributed by atoms with Crippen molar-refractivity contribution in [1.82, 2.24) is 0 Å². The van der Waals surface area contributed by atoms with Crippen molar-refractivity contribution in [2.24, 2.45) is 10.2 Å². The number of hydrogen-bond acceptors (Lipinski definition) is 6. The van der Waals surface area contributed by atoms with Crippen molar-refractivity contribution in [3.63, 3.8) is 0 Å². The lowest BCUT2D eigenvalue weighted by Gasteiger charge is -2.36. The molecule has 0 atom stereocenters. The van der Waals surface area contributed by atoms with Gasteiger partial charge in [-0.15, -0.1) is 0 Å². The molecule has 0 saturated carbocycles. The molecule has 1 aromatic heterocycles. The van der Waals surface area contributed by atoms with Crippen LogP contribution in [0.3, 0.4) is 0 Å². The quantitative estimate of drug-likeness (QED) is 0.225. The highest BCUT2D eigenvalue weighted by Crippen LogP contribution is 2.37. The van der Waals surface area contributed by atoms with Gasteiger partial charge in [0.2, 0.25) is 8.32 Å². The molecule has 2 aromatic rings. The molecular weight excluding hydrogens is 438 g/mol. The Morgan fingerprint density at radius 2 is 1.31 bits per heavy atom. The molecule has 176 valence electrons. The third kappa shape index (κ3) is 7.31. The summed E-state index contributed by atoms with van der Waals surface area (Å²) in [6.07, 6.45) is 4.90. The first-order valence-corrected chi connectivity index (χ1v) is 15.7. The summed E-state index contributed by atoms with van der Waals surface area (Å²) < 4.78 is 24.8. The van der Waals surface area contributed by atoms with E-state index in [0.29, 0.717) is 0 Å². The molecule has 0 aliphatic carbocycles. The fraction of sp³-hybridized carbons (Fsp3) is 0.522. The minimum absolute atomic E-state index is 0.165. The van der Waals surface area contributed by atoms with Gasteiger partial charge in [0.15, 0.2) is 12.4 Å². The fourth-order valence-corrected chi connectivity index (χ4v) is 5.58. The number of rotatable bonds is 11. The molecule has 0 unspecified atom stereocenters. The van der Waals surface area contributed by atoms with Gasteiger partial charge in [0.1, 0.15) is 12.3 Å². The molecule has 0 amide bonds. The first-order chi connectivity index (χ1) is 15.0. The van der Waals surface area contributed by atoms with E-state index in [0.717, 1.165) is 36.1 Å².